The van der Waals surface area contributed by atoms with Crippen molar-refractivity contribution in [2.24, 2.45) is 0 Å². The van der Waals surface area contributed by atoms with E-state index >= 15 is 0 Å². The first-order chi connectivity index (χ1) is 16.1. The van der Waals surface area contributed by atoms with Crippen molar-refractivity contribution in [1.82, 2.24) is 4.90 Å². The molecule has 0 aromatic heterocycles. The summed E-state index contributed by atoms with van der Waals surface area (Å²) in [5, 5.41) is 2.94. The number of carbonyl (C=O) groups excluding carboxylic acids is 2. The zero-order valence-corrected chi connectivity index (χ0v) is 18.7. The summed E-state index contributed by atoms with van der Waals surface area (Å²) in [6.07, 6.45) is 0.288. The number of hydrogen-bond acceptors (Lipinski definition) is 5. The number of benzene rings is 3. The van der Waals surface area contributed by atoms with Crippen molar-refractivity contribution in [3.8, 4) is 17.2 Å². The lowest BCUT2D eigenvalue weighted by Crippen LogP contribution is -2.32. The highest BCUT2D eigenvalue weighted by atomic mass is 16.5. The number of ether oxygens (including phenoxy) is 3. The molecule has 0 unspecified atom stereocenters. The Balaban J connectivity index is 1.50. The first-order valence-corrected chi connectivity index (χ1v) is 10.6. The maximum atomic E-state index is 12.7. The van der Waals surface area contributed by atoms with Gasteiger partial charge in [0.25, 0.3) is 5.91 Å². The fourth-order valence-electron chi connectivity index (χ4n) is 3.76. The minimum Gasteiger partial charge on any atom is -0.497 e. The van der Waals surface area contributed by atoms with Gasteiger partial charge in [-0.1, -0.05) is 30.3 Å². The van der Waals surface area contributed by atoms with Gasteiger partial charge in [0.2, 0.25) is 5.91 Å². The van der Waals surface area contributed by atoms with Crippen LogP contribution in [0.4, 0.5) is 5.69 Å². The molecule has 1 aliphatic heterocycles. The SMILES string of the molecule is COc1ccc(CN2Cc3cc(NC(=O)Cc4ccccc4)ccc3OCC2=O)c(OC)c1. The summed E-state index contributed by atoms with van der Waals surface area (Å²) >= 11 is 0. The Morgan fingerprint density at radius 2 is 1.85 bits per heavy atom. The van der Waals surface area contributed by atoms with Crippen molar-refractivity contribution in [3.05, 3.63) is 83.4 Å². The zero-order valence-electron chi connectivity index (χ0n) is 18.7. The maximum Gasteiger partial charge on any atom is 0.261 e. The molecule has 0 bridgehead atoms. The summed E-state index contributed by atoms with van der Waals surface area (Å²) < 4.78 is 16.5. The summed E-state index contributed by atoms with van der Waals surface area (Å²) in [7, 11) is 3.18. The number of anilines is 1. The highest BCUT2D eigenvalue weighted by molar-refractivity contribution is 5.92. The Hall–Kier alpha value is -4.00. The average molecular weight is 447 g/mol. The molecule has 2 amide bonds. The summed E-state index contributed by atoms with van der Waals surface area (Å²) in [5.74, 6) is 1.73. The molecule has 3 aromatic carbocycles. The van der Waals surface area contributed by atoms with E-state index in [-0.39, 0.29) is 24.8 Å². The first kappa shape index (κ1) is 22.2. The number of nitrogens with one attached hydrogen (secondary N) is 1. The molecule has 0 saturated heterocycles. The number of fused-ring (bicyclic) bond motifs is 1. The quantitative estimate of drug-likeness (QED) is 0.597. The highest BCUT2D eigenvalue weighted by Crippen LogP contribution is 2.30. The van der Waals surface area contributed by atoms with Gasteiger partial charge >= 0.3 is 0 Å². The van der Waals surface area contributed by atoms with Crippen LogP contribution >= 0.6 is 0 Å². The standard InChI is InChI=1S/C26H26N2O5/c1-31-22-10-8-19(24(14-22)32-2)15-28-16-20-13-21(9-11-23(20)33-17-26(28)30)27-25(29)12-18-6-4-3-5-7-18/h3-11,13-14H,12,15-17H2,1-2H3,(H,27,29). The summed E-state index contributed by atoms with van der Waals surface area (Å²) in [6.45, 7) is 0.663. The average Bonchev–Trinajstić information content (AvgIpc) is 2.98. The molecule has 0 saturated carbocycles. The molecular formula is C26H26N2O5. The Bertz CT molecular complexity index is 1150. The van der Waals surface area contributed by atoms with Gasteiger partial charge in [-0.05, 0) is 35.9 Å². The van der Waals surface area contributed by atoms with E-state index in [4.69, 9.17) is 14.2 Å². The van der Waals surface area contributed by atoms with Crippen molar-refractivity contribution in [2.75, 3.05) is 26.1 Å². The molecule has 1 heterocycles. The van der Waals surface area contributed by atoms with Crippen LogP contribution in [0.15, 0.2) is 66.7 Å². The predicted molar refractivity (Wildman–Crippen MR) is 125 cm³/mol. The monoisotopic (exact) mass is 446 g/mol. The van der Waals surface area contributed by atoms with Crippen LogP contribution in [0.25, 0.3) is 0 Å². The molecule has 0 atom stereocenters. The molecular weight excluding hydrogens is 420 g/mol. The zero-order chi connectivity index (χ0) is 23.2. The van der Waals surface area contributed by atoms with Crippen molar-refractivity contribution < 1.29 is 23.8 Å². The molecule has 7 nitrogen and oxygen atoms in total. The number of amides is 2. The lowest BCUT2D eigenvalue weighted by atomic mass is 10.1. The third-order valence-electron chi connectivity index (χ3n) is 5.47. The minimum absolute atomic E-state index is 0.0504. The Morgan fingerprint density at radius 3 is 2.61 bits per heavy atom. The highest BCUT2D eigenvalue weighted by Gasteiger charge is 2.23. The van der Waals surface area contributed by atoms with Gasteiger partial charge in [0.15, 0.2) is 6.61 Å². The fraction of sp³-hybridized carbons (Fsp3) is 0.231. The number of hydrogen-bond donors (Lipinski definition) is 1. The second-order valence-corrected chi connectivity index (χ2v) is 7.75. The second kappa shape index (κ2) is 10.1. The van der Waals surface area contributed by atoms with Crippen LogP contribution in [-0.2, 0) is 29.1 Å². The van der Waals surface area contributed by atoms with E-state index in [9.17, 15) is 9.59 Å². The van der Waals surface area contributed by atoms with E-state index in [1.807, 2.05) is 48.5 Å². The van der Waals surface area contributed by atoms with Gasteiger partial charge in [-0.15, -0.1) is 0 Å². The largest absolute Gasteiger partial charge is 0.497 e. The van der Waals surface area contributed by atoms with E-state index in [2.05, 4.69) is 5.32 Å². The molecule has 170 valence electrons. The molecule has 1 N–H and O–H groups in total. The molecule has 1 aliphatic rings. The van der Waals surface area contributed by atoms with E-state index in [0.717, 1.165) is 16.7 Å². The van der Waals surface area contributed by atoms with Crippen molar-refractivity contribution in [3.63, 3.8) is 0 Å². The van der Waals surface area contributed by atoms with Crippen LogP contribution in [0.3, 0.4) is 0 Å². The van der Waals surface area contributed by atoms with Crippen LogP contribution in [0.1, 0.15) is 16.7 Å². The molecule has 33 heavy (non-hydrogen) atoms. The van der Waals surface area contributed by atoms with Crippen LogP contribution in [0.2, 0.25) is 0 Å². The van der Waals surface area contributed by atoms with Crippen molar-refractivity contribution >= 4 is 17.5 Å². The van der Waals surface area contributed by atoms with Crippen LogP contribution in [0.5, 0.6) is 17.2 Å². The number of carbonyl (C=O) groups is 2. The fourth-order valence-corrected chi connectivity index (χ4v) is 3.76. The smallest absolute Gasteiger partial charge is 0.261 e. The molecule has 0 aliphatic carbocycles. The van der Waals surface area contributed by atoms with Crippen LogP contribution < -0.4 is 19.5 Å². The normalized spacial score (nSPS) is 12.9. The lowest BCUT2D eigenvalue weighted by Gasteiger charge is -2.22. The van der Waals surface area contributed by atoms with E-state index in [0.29, 0.717) is 36.0 Å². The topological polar surface area (TPSA) is 77.1 Å². The molecule has 7 heteroatoms. The Labute approximate surface area is 192 Å². The van der Waals surface area contributed by atoms with Crippen molar-refractivity contribution in [2.45, 2.75) is 19.5 Å². The van der Waals surface area contributed by atoms with Crippen LogP contribution in [-0.4, -0.2) is 37.5 Å². The van der Waals surface area contributed by atoms with Crippen molar-refractivity contribution in [1.29, 1.82) is 0 Å². The molecule has 0 spiro atoms. The third kappa shape index (κ3) is 5.44. The van der Waals surface area contributed by atoms with Gasteiger partial charge in [-0.3, -0.25) is 9.59 Å². The Morgan fingerprint density at radius 1 is 1.03 bits per heavy atom. The van der Waals surface area contributed by atoms with E-state index < -0.39 is 0 Å². The lowest BCUT2D eigenvalue weighted by molar-refractivity contribution is -0.133. The van der Waals surface area contributed by atoms with Gasteiger partial charge < -0.3 is 24.4 Å². The first-order valence-electron chi connectivity index (χ1n) is 10.6. The van der Waals surface area contributed by atoms with Crippen LogP contribution in [0, 0.1) is 0 Å². The third-order valence-corrected chi connectivity index (χ3v) is 5.47. The van der Waals surface area contributed by atoms with Gasteiger partial charge in [0, 0.05) is 36.0 Å². The number of methoxy groups -OCH3 is 2. The molecule has 0 fully saturated rings. The van der Waals surface area contributed by atoms with Gasteiger partial charge in [0.05, 0.1) is 20.6 Å². The molecule has 4 rings (SSSR count). The number of rotatable bonds is 7. The second-order valence-electron chi connectivity index (χ2n) is 7.75. The summed E-state index contributed by atoms with van der Waals surface area (Å²) in [4.78, 5) is 26.9. The van der Waals surface area contributed by atoms with Gasteiger partial charge in [-0.25, -0.2) is 0 Å². The van der Waals surface area contributed by atoms with Gasteiger partial charge in [-0.2, -0.15) is 0 Å². The summed E-state index contributed by atoms with van der Waals surface area (Å²) in [6, 6.07) is 20.5. The molecule has 0 radical (unpaired) electrons. The number of nitrogens with zero attached hydrogens (tertiary/aromatic N) is 1. The van der Waals surface area contributed by atoms with E-state index in [1.165, 1.54) is 0 Å². The predicted octanol–water partition coefficient (Wildman–Crippen LogP) is 3.81. The Kier molecular flexibility index (Phi) is 6.78. The maximum absolute atomic E-state index is 12.7. The minimum atomic E-state index is -0.126. The summed E-state index contributed by atoms with van der Waals surface area (Å²) in [5.41, 5.74) is 3.29. The van der Waals surface area contributed by atoms with E-state index in [1.54, 1.807) is 37.3 Å². The molecule has 3 aromatic rings. The van der Waals surface area contributed by atoms with Gasteiger partial charge in [0.1, 0.15) is 17.2 Å².